The van der Waals surface area contributed by atoms with Crippen LogP contribution < -0.4 is 0 Å². The van der Waals surface area contributed by atoms with Gasteiger partial charge in [0.25, 0.3) is 0 Å². The maximum Gasteiger partial charge on any atom is 0.338 e. The highest BCUT2D eigenvalue weighted by Crippen LogP contribution is 2.10. The molecule has 1 aromatic carbocycles. The molecular weight excluding hydrogens is 344 g/mol. The van der Waals surface area contributed by atoms with Gasteiger partial charge in [-0.25, -0.2) is 4.79 Å². The average molecular weight is 374 g/mol. The van der Waals surface area contributed by atoms with E-state index < -0.39 is 12.1 Å². The molecule has 1 atom stereocenters. The summed E-state index contributed by atoms with van der Waals surface area (Å²) in [5.74, 6) is -0.466. The van der Waals surface area contributed by atoms with Crippen LogP contribution in [0.4, 0.5) is 0 Å². The maximum absolute atomic E-state index is 11.8. The number of ether oxygens (including phenoxy) is 2. The van der Waals surface area contributed by atoms with Gasteiger partial charge in [-0.2, -0.15) is 0 Å². The summed E-state index contributed by atoms with van der Waals surface area (Å²) in [5, 5.41) is 19.0. The molecule has 0 aliphatic heterocycles. The molecule has 0 heterocycles. The molecule has 0 amide bonds. The molecule has 1 aromatic rings. The molecule has 27 heavy (non-hydrogen) atoms. The third-order valence-electron chi connectivity index (χ3n) is 3.54. The van der Waals surface area contributed by atoms with Gasteiger partial charge in [0.15, 0.2) is 0 Å². The minimum absolute atomic E-state index is 0.0784. The van der Waals surface area contributed by atoms with Gasteiger partial charge in [-0.15, -0.1) is 0 Å². The molecule has 148 valence electrons. The number of phenolic OH excluding ortho intramolecular Hbond substituents is 1. The van der Waals surface area contributed by atoms with Crippen LogP contribution >= 0.6 is 0 Å². The van der Waals surface area contributed by atoms with E-state index in [-0.39, 0.29) is 19.0 Å². The van der Waals surface area contributed by atoms with Crippen LogP contribution in [-0.2, 0) is 9.47 Å². The lowest BCUT2D eigenvalue weighted by Gasteiger charge is -2.11. The van der Waals surface area contributed by atoms with E-state index in [4.69, 9.17) is 9.47 Å². The summed E-state index contributed by atoms with van der Waals surface area (Å²) in [5.41, 5.74) is 0.322. The fraction of sp³-hybridized carbons (Fsp3) is 0.409. The molecule has 0 saturated heterocycles. The fourth-order valence-electron chi connectivity index (χ4n) is 2.07. The highest BCUT2D eigenvalue weighted by atomic mass is 16.5. The quantitative estimate of drug-likeness (QED) is 0.308. The van der Waals surface area contributed by atoms with E-state index in [0.717, 1.165) is 25.7 Å². The Hall–Kier alpha value is -2.37. The minimum atomic E-state index is -0.862. The van der Waals surface area contributed by atoms with E-state index in [9.17, 15) is 15.0 Å². The molecule has 0 aliphatic rings. The first kappa shape index (κ1) is 22.7. The maximum atomic E-state index is 11.8. The van der Waals surface area contributed by atoms with Crippen molar-refractivity contribution in [2.45, 2.75) is 38.7 Å². The molecule has 0 unspecified atom stereocenters. The Bertz CT molecular complexity index is 602. The molecule has 0 radical (unpaired) electrons. The van der Waals surface area contributed by atoms with Crippen LogP contribution in [0.25, 0.3) is 0 Å². The van der Waals surface area contributed by atoms with Gasteiger partial charge in [0.05, 0.1) is 12.2 Å². The summed E-state index contributed by atoms with van der Waals surface area (Å²) >= 11 is 0. The zero-order valence-corrected chi connectivity index (χ0v) is 15.9. The summed E-state index contributed by atoms with van der Waals surface area (Å²) in [6.07, 6.45) is 15.4. The number of aliphatic hydroxyl groups is 1. The number of carbonyl (C=O) groups is 1. The van der Waals surface area contributed by atoms with Gasteiger partial charge in [0.1, 0.15) is 18.5 Å². The van der Waals surface area contributed by atoms with Crippen molar-refractivity contribution < 1.29 is 24.5 Å². The molecular formula is C22H30O5. The average Bonchev–Trinajstić information content (AvgIpc) is 2.67. The van der Waals surface area contributed by atoms with Crippen LogP contribution in [0.15, 0.2) is 60.7 Å². The van der Waals surface area contributed by atoms with Crippen LogP contribution in [0.2, 0.25) is 0 Å². The number of rotatable bonds is 13. The van der Waals surface area contributed by atoms with Gasteiger partial charge < -0.3 is 19.7 Å². The van der Waals surface area contributed by atoms with Gasteiger partial charge in [0.2, 0.25) is 0 Å². The zero-order chi connectivity index (χ0) is 19.7. The van der Waals surface area contributed by atoms with Crippen molar-refractivity contribution in [3.8, 4) is 5.75 Å². The van der Waals surface area contributed by atoms with Crippen molar-refractivity contribution in [2.75, 3.05) is 19.8 Å². The second-order valence-corrected chi connectivity index (χ2v) is 6.05. The molecule has 0 aliphatic carbocycles. The first-order chi connectivity index (χ1) is 13.1. The third kappa shape index (κ3) is 11.8. The smallest absolute Gasteiger partial charge is 0.338 e. The first-order valence-electron chi connectivity index (χ1n) is 9.33. The van der Waals surface area contributed by atoms with Crippen molar-refractivity contribution in [2.24, 2.45) is 0 Å². The summed E-state index contributed by atoms with van der Waals surface area (Å²) in [4.78, 5) is 11.8. The number of hydrogen-bond donors (Lipinski definition) is 2. The van der Waals surface area contributed by atoms with Crippen LogP contribution in [0.3, 0.4) is 0 Å². The SMILES string of the molecule is CCC/C=C/C=C/C=C/CCCOC[C@@H](O)COC(=O)c1ccc(O)cc1. The van der Waals surface area contributed by atoms with E-state index in [1.165, 1.54) is 24.3 Å². The summed E-state index contributed by atoms with van der Waals surface area (Å²) < 4.78 is 10.4. The lowest BCUT2D eigenvalue weighted by Crippen LogP contribution is -2.24. The third-order valence-corrected chi connectivity index (χ3v) is 3.54. The first-order valence-corrected chi connectivity index (χ1v) is 9.33. The Labute approximate surface area is 161 Å². The largest absolute Gasteiger partial charge is 0.508 e. The monoisotopic (exact) mass is 374 g/mol. The molecule has 5 heteroatoms. The summed E-state index contributed by atoms with van der Waals surface area (Å²) in [6.45, 7) is 2.68. The Morgan fingerprint density at radius 3 is 2.37 bits per heavy atom. The van der Waals surface area contributed by atoms with Crippen LogP contribution in [-0.4, -0.2) is 42.1 Å². The predicted octanol–water partition coefficient (Wildman–Crippen LogP) is 4.18. The molecule has 5 nitrogen and oxygen atoms in total. The number of esters is 1. The fourth-order valence-corrected chi connectivity index (χ4v) is 2.07. The standard InChI is InChI=1S/C22H30O5/c1-2-3-4-5-6-7-8-9-10-11-16-26-17-21(24)18-27-22(25)19-12-14-20(23)15-13-19/h4-9,12-15,21,23-24H,2-3,10-11,16-18H2,1H3/b5-4+,7-6+,9-8+/t21-/m1/s1. The molecule has 0 fully saturated rings. The lowest BCUT2D eigenvalue weighted by molar-refractivity contribution is -0.0111. The van der Waals surface area contributed by atoms with E-state index in [0.29, 0.717) is 12.2 Å². The normalized spacial score (nSPS) is 13.0. The molecule has 0 saturated carbocycles. The Balaban J connectivity index is 2.04. The van der Waals surface area contributed by atoms with Gasteiger partial charge in [-0.3, -0.25) is 0 Å². The van der Waals surface area contributed by atoms with Crippen molar-refractivity contribution >= 4 is 5.97 Å². The number of benzene rings is 1. The summed E-state index contributed by atoms with van der Waals surface area (Å²) in [7, 11) is 0. The van der Waals surface area contributed by atoms with Crippen LogP contribution in [0, 0.1) is 0 Å². The molecule has 2 N–H and O–H groups in total. The van der Waals surface area contributed by atoms with Gasteiger partial charge in [-0.05, 0) is 43.5 Å². The number of phenols is 1. The number of aliphatic hydroxyl groups excluding tert-OH is 1. The number of unbranched alkanes of at least 4 members (excludes halogenated alkanes) is 2. The van der Waals surface area contributed by atoms with Gasteiger partial charge in [-0.1, -0.05) is 49.8 Å². The van der Waals surface area contributed by atoms with Crippen molar-refractivity contribution in [1.29, 1.82) is 0 Å². The number of aromatic hydroxyl groups is 1. The van der Waals surface area contributed by atoms with Crippen molar-refractivity contribution in [3.63, 3.8) is 0 Å². The summed E-state index contributed by atoms with van der Waals surface area (Å²) in [6, 6.07) is 5.74. The van der Waals surface area contributed by atoms with Crippen molar-refractivity contribution in [1.82, 2.24) is 0 Å². The highest BCUT2D eigenvalue weighted by molar-refractivity contribution is 5.89. The van der Waals surface area contributed by atoms with Gasteiger partial charge in [0, 0.05) is 6.61 Å². The topological polar surface area (TPSA) is 76.0 Å². The van der Waals surface area contributed by atoms with E-state index in [2.05, 4.69) is 19.1 Å². The second-order valence-electron chi connectivity index (χ2n) is 6.05. The Morgan fingerprint density at radius 2 is 1.70 bits per heavy atom. The highest BCUT2D eigenvalue weighted by Gasteiger charge is 2.11. The molecule has 0 bridgehead atoms. The number of allylic oxidation sites excluding steroid dienone is 6. The predicted molar refractivity (Wildman–Crippen MR) is 107 cm³/mol. The molecule has 0 aromatic heterocycles. The molecule has 0 spiro atoms. The second kappa shape index (κ2) is 14.8. The minimum Gasteiger partial charge on any atom is -0.508 e. The van der Waals surface area contributed by atoms with E-state index >= 15 is 0 Å². The Kier molecular flexibility index (Phi) is 12.4. The van der Waals surface area contributed by atoms with E-state index in [1.54, 1.807) is 0 Å². The molecule has 1 rings (SSSR count). The zero-order valence-electron chi connectivity index (χ0n) is 15.9. The van der Waals surface area contributed by atoms with Gasteiger partial charge >= 0.3 is 5.97 Å². The Morgan fingerprint density at radius 1 is 1.04 bits per heavy atom. The lowest BCUT2D eigenvalue weighted by atomic mass is 10.2. The number of carbonyl (C=O) groups excluding carboxylic acids is 1. The van der Waals surface area contributed by atoms with Crippen LogP contribution in [0.1, 0.15) is 43.0 Å². The van der Waals surface area contributed by atoms with Crippen LogP contribution in [0.5, 0.6) is 5.75 Å². The van der Waals surface area contributed by atoms with Crippen molar-refractivity contribution in [3.05, 3.63) is 66.3 Å². The number of hydrogen-bond acceptors (Lipinski definition) is 5. The van der Waals surface area contributed by atoms with E-state index in [1.807, 2.05) is 24.3 Å².